The molecule has 15 heteroatoms. The third-order valence-corrected chi connectivity index (χ3v) is 10.8. The van der Waals surface area contributed by atoms with Crippen LogP contribution < -0.4 is 21.7 Å². The van der Waals surface area contributed by atoms with Crippen molar-refractivity contribution in [1.29, 1.82) is 0 Å². The number of anilines is 2. The van der Waals surface area contributed by atoms with Crippen LogP contribution >= 0.6 is 23.5 Å². The van der Waals surface area contributed by atoms with Crippen LogP contribution in [0.15, 0.2) is 168 Å². The number of alkyl carbamates (subject to hydrolysis) is 2. The number of benzene rings is 4. The number of ether oxygens (including phenoxy) is 2. The fourth-order valence-corrected chi connectivity index (χ4v) is 7.31. The number of hydrogen-bond acceptors (Lipinski definition) is 11. The maximum absolute atomic E-state index is 13.0. The predicted molar refractivity (Wildman–Crippen MR) is 268 cm³/mol. The Hall–Kier alpha value is -6.84. The van der Waals surface area contributed by atoms with Crippen LogP contribution in [-0.2, 0) is 43.4 Å². The largest absolute Gasteiger partial charge is 0.480 e. The number of carbonyl (C=O) groups excluding carboxylic acids is 3. The van der Waals surface area contributed by atoms with E-state index in [1.165, 1.54) is 11.1 Å². The van der Waals surface area contributed by atoms with Crippen LogP contribution in [0.5, 0.6) is 0 Å². The van der Waals surface area contributed by atoms with Crippen LogP contribution in [0.1, 0.15) is 63.8 Å². The Kier molecular flexibility index (Phi) is 21.2. The van der Waals surface area contributed by atoms with Crippen molar-refractivity contribution >= 4 is 59.0 Å². The molecule has 67 heavy (non-hydrogen) atoms. The van der Waals surface area contributed by atoms with Gasteiger partial charge in [-0.25, -0.2) is 24.4 Å². The quantitative estimate of drug-likeness (QED) is 0.0612. The summed E-state index contributed by atoms with van der Waals surface area (Å²) in [4.78, 5) is 56.7. The number of nitrogens with one attached hydrogen (secondary N) is 3. The Morgan fingerprint density at radius 1 is 0.552 bits per heavy atom. The first-order chi connectivity index (χ1) is 31.9. The minimum absolute atomic E-state index is 0.218. The van der Waals surface area contributed by atoms with Gasteiger partial charge >= 0.3 is 18.2 Å². The second kappa shape index (κ2) is 27.0. The standard InChI is InChI=1S/C26H29N3O3S.C14H19NO4.C12H12N2S/c1-26(2,3)32-25(31)29-22(16-19-10-6-4-7-11-19)24(30)28-21-14-15-23(27-17-21)33-18-20-12-8-5-9-13-20;1-14(2,3)19-13(18)15-11(12(16)17)9-10-7-5-4-6-8-10;13-11-6-7-12(14-8-11)15-9-10-4-2-1-3-5-10/h4-15,17,22H,16,18H2,1-3H3,(H,28,30)(H,29,31);4-8,11H,9H2,1-3H3,(H,15,18)(H,16,17);1-8H,9,13H2/t22-;11-;/m00./s1. The van der Waals surface area contributed by atoms with E-state index in [0.29, 0.717) is 17.8 Å². The Morgan fingerprint density at radius 3 is 1.31 bits per heavy atom. The molecule has 0 radical (unpaired) electrons. The number of thioether (sulfide) groups is 2. The molecule has 0 aliphatic carbocycles. The van der Waals surface area contributed by atoms with Crippen LogP contribution in [0.2, 0.25) is 0 Å². The lowest BCUT2D eigenvalue weighted by atomic mass is 10.1. The number of nitrogen functional groups attached to an aromatic ring is 1. The molecule has 0 spiro atoms. The number of carbonyl (C=O) groups is 4. The number of aliphatic carboxylic acids is 1. The summed E-state index contributed by atoms with van der Waals surface area (Å²) in [6, 6.07) is 44.9. The maximum atomic E-state index is 13.0. The van der Waals surface area contributed by atoms with E-state index in [0.717, 1.165) is 32.7 Å². The zero-order valence-electron chi connectivity index (χ0n) is 38.7. The third-order valence-electron chi connectivity index (χ3n) is 8.78. The van der Waals surface area contributed by atoms with Crippen LogP contribution in [0.3, 0.4) is 0 Å². The molecule has 6 rings (SSSR count). The highest BCUT2D eigenvalue weighted by Crippen LogP contribution is 2.23. The number of amides is 3. The monoisotopic (exact) mass is 944 g/mol. The number of hydrogen-bond donors (Lipinski definition) is 5. The van der Waals surface area contributed by atoms with E-state index in [1.807, 2.05) is 121 Å². The highest BCUT2D eigenvalue weighted by Gasteiger charge is 2.26. The fraction of sp³-hybridized carbons (Fsp3) is 0.269. The lowest BCUT2D eigenvalue weighted by molar-refractivity contribution is -0.139. The molecule has 2 atom stereocenters. The van der Waals surface area contributed by atoms with Gasteiger partial charge in [-0.2, -0.15) is 0 Å². The number of carboxylic acid groups (broad SMARTS) is 1. The maximum Gasteiger partial charge on any atom is 0.408 e. The minimum atomic E-state index is -1.09. The molecule has 13 nitrogen and oxygen atoms in total. The van der Waals surface area contributed by atoms with Gasteiger partial charge in [-0.15, -0.1) is 23.5 Å². The van der Waals surface area contributed by atoms with Gasteiger partial charge in [-0.1, -0.05) is 121 Å². The fourth-order valence-electron chi connectivity index (χ4n) is 5.72. The molecule has 0 bridgehead atoms. The average Bonchev–Trinajstić information content (AvgIpc) is 3.29. The van der Waals surface area contributed by atoms with Gasteiger partial charge in [0.1, 0.15) is 23.3 Å². The summed E-state index contributed by atoms with van der Waals surface area (Å²) in [6.45, 7) is 10.5. The van der Waals surface area contributed by atoms with Crippen molar-refractivity contribution in [2.24, 2.45) is 0 Å². The predicted octanol–water partition coefficient (Wildman–Crippen LogP) is 10.6. The summed E-state index contributed by atoms with van der Waals surface area (Å²) in [5.74, 6) is 0.335. The molecule has 0 aliphatic heterocycles. The summed E-state index contributed by atoms with van der Waals surface area (Å²) >= 11 is 3.34. The highest BCUT2D eigenvalue weighted by atomic mass is 32.2. The zero-order chi connectivity index (χ0) is 48.7. The van der Waals surface area contributed by atoms with E-state index < -0.39 is 41.4 Å². The third kappa shape index (κ3) is 22.3. The Labute approximate surface area is 402 Å². The Bertz CT molecular complexity index is 2400. The van der Waals surface area contributed by atoms with E-state index >= 15 is 0 Å². The van der Waals surface area contributed by atoms with E-state index in [9.17, 15) is 19.2 Å². The number of nitrogens with two attached hydrogens (primary N) is 1. The van der Waals surface area contributed by atoms with E-state index in [1.54, 1.807) is 77.5 Å². The molecule has 0 saturated heterocycles. The van der Waals surface area contributed by atoms with Crippen molar-refractivity contribution in [3.8, 4) is 0 Å². The van der Waals surface area contributed by atoms with Crippen LogP contribution in [-0.4, -0.2) is 62.4 Å². The second-order valence-corrected chi connectivity index (χ2v) is 19.0. The second-order valence-electron chi connectivity index (χ2n) is 17.0. The van der Waals surface area contributed by atoms with Gasteiger partial charge in [0.2, 0.25) is 5.91 Å². The first-order valence-corrected chi connectivity index (χ1v) is 23.5. The molecule has 3 amide bonds. The molecule has 6 aromatic rings. The summed E-state index contributed by atoms with van der Waals surface area (Å²) in [5.41, 5.74) is 9.82. The van der Waals surface area contributed by atoms with Crippen LogP contribution in [0.25, 0.3) is 0 Å². The molecule has 4 aromatic carbocycles. The van der Waals surface area contributed by atoms with E-state index in [4.69, 9.17) is 20.3 Å². The van der Waals surface area contributed by atoms with Gasteiger partial charge in [0.05, 0.1) is 33.8 Å². The van der Waals surface area contributed by atoms with Crippen molar-refractivity contribution in [3.05, 3.63) is 180 Å². The first-order valence-electron chi connectivity index (χ1n) is 21.5. The normalized spacial score (nSPS) is 11.7. The topological polar surface area (TPSA) is 195 Å². The lowest BCUT2D eigenvalue weighted by Crippen LogP contribution is -2.47. The number of nitrogens with zero attached hydrogens (tertiary/aromatic N) is 2. The van der Waals surface area contributed by atoms with Crippen LogP contribution in [0.4, 0.5) is 21.0 Å². The molecule has 0 saturated carbocycles. The molecule has 352 valence electrons. The smallest absolute Gasteiger partial charge is 0.408 e. The van der Waals surface area contributed by atoms with Gasteiger partial charge in [-0.05, 0) is 88.1 Å². The van der Waals surface area contributed by atoms with Gasteiger partial charge in [0.15, 0.2) is 0 Å². The van der Waals surface area contributed by atoms with Gasteiger partial charge < -0.3 is 36.3 Å². The lowest BCUT2D eigenvalue weighted by Gasteiger charge is -2.23. The van der Waals surface area contributed by atoms with Crippen molar-refractivity contribution < 1.29 is 33.8 Å². The summed E-state index contributed by atoms with van der Waals surface area (Å²) < 4.78 is 10.4. The average molecular weight is 945 g/mol. The minimum Gasteiger partial charge on any atom is -0.480 e. The Morgan fingerprint density at radius 2 is 0.940 bits per heavy atom. The molecule has 0 aliphatic rings. The van der Waals surface area contributed by atoms with Gasteiger partial charge in [0.25, 0.3) is 0 Å². The van der Waals surface area contributed by atoms with E-state index in [-0.39, 0.29) is 12.3 Å². The number of rotatable bonds is 15. The van der Waals surface area contributed by atoms with Crippen molar-refractivity contribution in [2.45, 2.75) is 99.2 Å². The Balaban J connectivity index is 0.000000243. The molecule has 2 heterocycles. The highest BCUT2D eigenvalue weighted by molar-refractivity contribution is 7.98. The van der Waals surface area contributed by atoms with Crippen molar-refractivity contribution in [3.63, 3.8) is 0 Å². The summed E-state index contributed by atoms with van der Waals surface area (Å²) in [6.07, 6.45) is 2.51. The molecule has 2 aromatic heterocycles. The van der Waals surface area contributed by atoms with Crippen molar-refractivity contribution in [2.75, 3.05) is 11.1 Å². The first kappa shape index (κ1) is 52.8. The molecular weight excluding hydrogens is 885 g/mol. The van der Waals surface area contributed by atoms with Gasteiger partial charge in [-0.3, -0.25) is 4.79 Å². The number of pyridine rings is 2. The SMILES string of the molecule is CC(C)(C)OC(=O)N[C@@H](Cc1ccccc1)C(=O)Nc1ccc(SCc2ccccc2)nc1.CC(C)(C)OC(=O)N[C@@H](Cc1ccccc1)C(=O)O.Nc1ccc(SCc2ccccc2)nc1. The number of aromatic nitrogens is 2. The van der Waals surface area contributed by atoms with Crippen molar-refractivity contribution in [1.82, 2.24) is 20.6 Å². The summed E-state index contributed by atoms with van der Waals surface area (Å²) in [5, 5.41) is 18.9. The molecule has 0 fully saturated rings. The molecule has 6 N–H and O–H groups in total. The number of carboxylic acids is 1. The van der Waals surface area contributed by atoms with Gasteiger partial charge in [0, 0.05) is 24.3 Å². The zero-order valence-corrected chi connectivity index (χ0v) is 40.3. The van der Waals surface area contributed by atoms with Crippen LogP contribution in [0, 0.1) is 0 Å². The summed E-state index contributed by atoms with van der Waals surface area (Å²) in [7, 11) is 0. The van der Waals surface area contributed by atoms with E-state index in [2.05, 4.69) is 50.2 Å². The molecular formula is C52H60N6O7S2. The molecule has 0 unspecified atom stereocenters.